The Labute approximate surface area is 51.0 Å². The van der Waals surface area contributed by atoms with Gasteiger partial charge in [0.15, 0.2) is 7.11 Å². The van der Waals surface area contributed by atoms with Crippen LogP contribution in [0.2, 0.25) is 0 Å². The van der Waals surface area contributed by atoms with E-state index in [1.54, 1.807) is 0 Å². The maximum absolute atomic E-state index is 6.47. The van der Waals surface area contributed by atoms with Crippen molar-refractivity contribution in [2.24, 2.45) is 5.92 Å². The second-order valence-corrected chi connectivity index (χ2v) is 2.46. The van der Waals surface area contributed by atoms with Gasteiger partial charge in [-0.25, -0.2) is 0 Å². The molecule has 0 unspecified atom stereocenters. The number of rotatable bonds is 2. The van der Waals surface area contributed by atoms with E-state index < -0.39 is 0 Å². The van der Waals surface area contributed by atoms with E-state index in [2.05, 4.69) is 4.74 Å². The van der Waals surface area contributed by atoms with Crippen molar-refractivity contribution in [2.75, 3.05) is 6.61 Å². The highest BCUT2D eigenvalue weighted by Crippen LogP contribution is 2.24. The zero-order valence-corrected chi connectivity index (χ0v) is 5.02. The lowest BCUT2D eigenvalue weighted by atomic mass is 10.1. The van der Waals surface area contributed by atoms with Crippen molar-refractivity contribution in [3.05, 3.63) is 7.11 Å². The Balaban J connectivity index is 2.06. The first kappa shape index (κ1) is 6.09. The molecule has 0 aromatic heterocycles. The summed E-state index contributed by atoms with van der Waals surface area (Å²) in [5, 5.41) is 0. The predicted octanol–water partition coefficient (Wildman–Crippen LogP) is 1.74. The molecule has 0 saturated heterocycles. The molecule has 45 valence electrons. The van der Waals surface area contributed by atoms with E-state index in [4.69, 9.17) is 7.11 Å². The van der Waals surface area contributed by atoms with Gasteiger partial charge in [0, 0.05) is 0 Å². The van der Waals surface area contributed by atoms with Gasteiger partial charge in [-0.15, -0.1) is 0 Å². The van der Waals surface area contributed by atoms with E-state index in [9.17, 15) is 0 Å². The van der Waals surface area contributed by atoms with Crippen LogP contribution in [0.15, 0.2) is 0 Å². The normalized spacial score (nSPS) is 22.1. The van der Waals surface area contributed by atoms with Gasteiger partial charge in [0.2, 0.25) is 0 Å². The van der Waals surface area contributed by atoms with Crippen molar-refractivity contribution in [2.45, 2.75) is 25.7 Å². The van der Waals surface area contributed by atoms with Gasteiger partial charge >= 0.3 is 0 Å². The maximum Gasteiger partial charge on any atom is 0.173 e. The molecule has 1 rings (SSSR count). The fourth-order valence-corrected chi connectivity index (χ4v) is 1.29. The van der Waals surface area contributed by atoms with E-state index in [0.717, 1.165) is 0 Å². The molecular weight excluding hydrogens is 100 g/mol. The first-order valence-electron chi connectivity index (χ1n) is 3.22. The summed E-state index contributed by atoms with van der Waals surface area (Å²) < 4.78 is 4.28. The Morgan fingerprint density at radius 2 is 2.00 bits per heavy atom. The fourth-order valence-electron chi connectivity index (χ4n) is 1.29. The second-order valence-electron chi connectivity index (χ2n) is 2.46. The van der Waals surface area contributed by atoms with E-state index >= 15 is 0 Å². The van der Waals surface area contributed by atoms with Crippen LogP contribution >= 0.6 is 0 Å². The SMILES string of the molecule is [C]OCC1CCCC1. The van der Waals surface area contributed by atoms with Crippen LogP contribution in [0.4, 0.5) is 0 Å². The molecule has 0 aromatic rings. The minimum Gasteiger partial charge on any atom is -0.365 e. The predicted molar refractivity (Wildman–Crippen MR) is 31.2 cm³/mol. The minimum atomic E-state index is 0.653. The minimum absolute atomic E-state index is 0.653. The van der Waals surface area contributed by atoms with Crippen molar-refractivity contribution in [3.8, 4) is 0 Å². The Bertz CT molecular complexity index is 55.4. The third-order valence-corrected chi connectivity index (χ3v) is 1.79. The van der Waals surface area contributed by atoms with Gasteiger partial charge in [-0.05, 0) is 18.8 Å². The molecule has 1 aliphatic rings. The quantitative estimate of drug-likeness (QED) is 0.527. The summed E-state index contributed by atoms with van der Waals surface area (Å²) in [6.45, 7) is 0.653. The highest BCUT2D eigenvalue weighted by atomic mass is 16.5. The van der Waals surface area contributed by atoms with Crippen LogP contribution in [0.5, 0.6) is 0 Å². The van der Waals surface area contributed by atoms with Crippen molar-refractivity contribution in [3.63, 3.8) is 0 Å². The summed E-state index contributed by atoms with van der Waals surface area (Å²) in [6, 6.07) is 0. The van der Waals surface area contributed by atoms with Gasteiger partial charge in [0.05, 0.1) is 6.61 Å². The lowest BCUT2D eigenvalue weighted by molar-refractivity contribution is 0.191. The number of hydrogen-bond acceptors (Lipinski definition) is 1. The van der Waals surface area contributed by atoms with Crippen molar-refractivity contribution in [1.29, 1.82) is 0 Å². The van der Waals surface area contributed by atoms with Gasteiger partial charge in [-0.2, -0.15) is 0 Å². The molecule has 1 nitrogen and oxygen atoms in total. The van der Waals surface area contributed by atoms with Gasteiger partial charge in [-0.3, -0.25) is 0 Å². The molecule has 0 atom stereocenters. The summed E-state index contributed by atoms with van der Waals surface area (Å²) in [7, 11) is 6.47. The Morgan fingerprint density at radius 3 is 2.50 bits per heavy atom. The first-order chi connectivity index (χ1) is 3.93. The molecule has 1 saturated carbocycles. The average Bonchev–Trinajstić information content (AvgIpc) is 2.19. The highest BCUT2D eigenvalue weighted by molar-refractivity contribution is 4.65. The van der Waals surface area contributed by atoms with Crippen molar-refractivity contribution >= 4 is 0 Å². The fraction of sp³-hybridized carbons (Fsp3) is 0.857. The smallest absolute Gasteiger partial charge is 0.173 e. The largest absolute Gasteiger partial charge is 0.365 e. The average molecular weight is 111 g/mol. The van der Waals surface area contributed by atoms with E-state index in [0.29, 0.717) is 12.5 Å². The summed E-state index contributed by atoms with van der Waals surface area (Å²) >= 11 is 0. The Hall–Kier alpha value is -0.0400. The van der Waals surface area contributed by atoms with Crippen LogP contribution in [0, 0.1) is 13.0 Å². The molecule has 0 aromatic carbocycles. The molecule has 1 fully saturated rings. The lowest BCUT2D eigenvalue weighted by Crippen LogP contribution is -2.00. The molecule has 1 heteroatoms. The zero-order valence-electron chi connectivity index (χ0n) is 5.02. The summed E-state index contributed by atoms with van der Waals surface area (Å²) in [5.74, 6) is 0.701. The lowest BCUT2D eigenvalue weighted by Gasteiger charge is -2.03. The Morgan fingerprint density at radius 1 is 1.38 bits per heavy atom. The van der Waals surface area contributed by atoms with E-state index in [1.807, 2.05) is 0 Å². The van der Waals surface area contributed by atoms with Crippen LogP contribution in [0.25, 0.3) is 0 Å². The van der Waals surface area contributed by atoms with Crippen LogP contribution in [0.1, 0.15) is 25.7 Å². The molecule has 8 heavy (non-hydrogen) atoms. The first-order valence-corrected chi connectivity index (χ1v) is 3.22. The molecule has 3 radical (unpaired) electrons. The molecule has 0 heterocycles. The molecule has 0 aliphatic heterocycles. The zero-order chi connectivity index (χ0) is 5.82. The summed E-state index contributed by atoms with van der Waals surface area (Å²) in [6.07, 6.45) is 5.24. The molecular formula is C7H11O. The second kappa shape index (κ2) is 3.08. The van der Waals surface area contributed by atoms with E-state index in [-0.39, 0.29) is 0 Å². The van der Waals surface area contributed by atoms with Crippen molar-refractivity contribution in [1.82, 2.24) is 0 Å². The van der Waals surface area contributed by atoms with Crippen molar-refractivity contribution < 1.29 is 4.74 Å². The molecule has 0 bridgehead atoms. The summed E-state index contributed by atoms with van der Waals surface area (Å²) in [4.78, 5) is 0. The monoisotopic (exact) mass is 111 g/mol. The topological polar surface area (TPSA) is 9.23 Å². The molecule has 0 N–H and O–H groups in total. The van der Waals surface area contributed by atoms with Gasteiger partial charge in [0.25, 0.3) is 0 Å². The molecule has 1 aliphatic carbocycles. The third-order valence-electron chi connectivity index (χ3n) is 1.79. The van der Waals surface area contributed by atoms with Crippen LogP contribution in [-0.4, -0.2) is 6.61 Å². The summed E-state index contributed by atoms with van der Waals surface area (Å²) in [5.41, 5.74) is 0. The number of ether oxygens (including phenoxy) is 1. The molecule has 0 amide bonds. The van der Waals surface area contributed by atoms with Gasteiger partial charge in [-0.1, -0.05) is 12.8 Å². The van der Waals surface area contributed by atoms with Gasteiger partial charge < -0.3 is 4.74 Å². The number of hydrogen-bond donors (Lipinski definition) is 0. The van der Waals surface area contributed by atoms with Crippen LogP contribution < -0.4 is 0 Å². The van der Waals surface area contributed by atoms with E-state index in [1.165, 1.54) is 25.7 Å². The Kier molecular flexibility index (Phi) is 2.34. The van der Waals surface area contributed by atoms with Crippen LogP contribution in [-0.2, 0) is 4.74 Å². The third kappa shape index (κ3) is 1.48. The van der Waals surface area contributed by atoms with Gasteiger partial charge in [0.1, 0.15) is 0 Å². The highest BCUT2D eigenvalue weighted by Gasteiger charge is 2.13. The molecule has 0 spiro atoms. The standard InChI is InChI=1S/C7H11O/c1-8-6-7-4-2-3-5-7/h7H,2-6H2. The maximum atomic E-state index is 6.47. The van der Waals surface area contributed by atoms with Crippen LogP contribution in [0.3, 0.4) is 0 Å².